The van der Waals surface area contributed by atoms with E-state index in [1.165, 1.54) is 6.07 Å². The Balaban J connectivity index is 1.65. The van der Waals surface area contributed by atoms with Crippen molar-refractivity contribution in [2.24, 2.45) is 0 Å². The van der Waals surface area contributed by atoms with Crippen molar-refractivity contribution in [3.8, 4) is 0 Å². The molecule has 0 atom stereocenters. The predicted octanol–water partition coefficient (Wildman–Crippen LogP) is 2.32. The number of carbonyl (C=O) groups is 1. The lowest BCUT2D eigenvalue weighted by atomic mass is 10.1. The van der Waals surface area contributed by atoms with Crippen LogP contribution in [0.4, 0.5) is 15.9 Å². The number of nitrogens with zero attached hydrogens (tertiary/aromatic N) is 3. The summed E-state index contributed by atoms with van der Waals surface area (Å²) < 4.78 is 20.3. The standard InChI is InChI=1S/C21H21FN4O3/c1-14-6-7-15(12-18(14)22)23-19(27)13-26-21(28)17-5-3-2-4-16(17)20(24-26)25-8-10-29-11-9-25/h2-7,12H,8-11,13H2,1H3,(H,23,27). The SMILES string of the molecule is Cc1ccc(NC(=O)Cn2nc(N3CCOCC3)c3ccccc3c2=O)cc1F. The smallest absolute Gasteiger partial charge is 0.275 e. The molecule has 2 aromatic carbocycles. The maximum Gasteiger partial charge on any atom is 0.275 e. The molecule has 1 saturated heterocycles. The van der Waals surface area contributed by atoms with E-state index in [2.05, 4.69) is 15.3 Å². The molecule has 1 amide bonds. The zero-order valence-electron chi connectivity index (χ0n) is 16.0. The van der Waals surface area contributed by atoms with Gasteiger partial charge in [-0.15, -0.1) is 0 Å². The fourth-order valence-electron chi connectivity index (χ4n) is 3.34. The van der Waals surface area contributed by atoms with Crippen molar-refractivity contribution < 1.29 is 13.9 Å². The highest BCUT2D eigenvalue weighted by Crippen LogP contribution is 2.22. The van der Waals surface area contributed by atoms with Crippen LogP contribution >= 0.6 is 0 Å². The van der Waals surface area contributed by atoms with Crippen molar-refractivity contribution in [2.45, 2.75) is 13.5 Å². The molecule has 2 heterocycles. The number of fused-ring (bicyclic) bond motifs is 1. The van der Waals surface area contributed by atoms with Crippen LogP contribution in [0.2, 0.25) is 0 Å². The molecule has 0 unspecified atom stereocenters. The number of benzene rings is 2. The van der Waals surface area contributed by atoms with Gasteiger partial charge >= 0.3 is 0 Å². The second kappa shape index (κ2) is 8.00. The number of aryl methyl sites for hydroxylation is 1. The average Bonchev–Trinajstić information content (AvgIpc) is 2.73. The van der Waals surface area contributed by atoms with Crippen molar-refractivity contribution in [3.05, 3.63) is 64.2 Å². The number of hydrogen-bond acceptors (Lipinski definition) is 5. The third-order valence-electron chi connectivity index (χ3n) is 4.91. The van der Waals surface area contributed by atoms with Gasteiger partial charge in [-0.25, -0.2) is 9.07 Å². The minimum absolute atomic E-state index is 0.267. The molecule has 1 aliphatic rings. The number of halogens is 1. The van der Waals surface area contributed by atoms with Crippen LogP contribution in [-0.2, 0) is 16.1 Å². The third kappa shape index (κ3) is 3.97. The summed E-state index contributed by atoms with van der Waals surface area (Å²) in [5, 5.41) is 8.34. The molecule has 3 aromatic rings. The van der Waals surface area contributed by atoms with E-state index in [0.717, 1.165) is 10.1 Å². The van der Waals surface area contributed by atoms with Gasteiger partial charge in [0.25, 0.3) is 5.56 Å². The lowest BCUT2D eigenvalue weighted by molar-refractivity contribution is -0.117. The maximum atomic E-state index is 13.7. The summed E-state index contributed by atoms with van der Waals surface area (Å²) >= 11 is 0. The van der Waals surface area contributed by atoms with Crippen molar-refractivity contribution in [3.63, 3.8) is 0 Å². The summed E-state index contributed by atoms with van der Waals surface area (Å²) in [6.07, 6.45) is 0. The Morgan fingerprint density at radius 2 is 1.90 bits per heavy atom. The lowest BCUT2D eigenvalue weighted by Crippen LogP contribution is -2.39. The van der Waals surface area contributed by atoms with Gasteiger partial charge in [-0.1, -0.05) is 24.3 Å². The summed E-state index contributed by atoms with van der Waals surface area (Å²) in [5.41, 5.74) is 0.480. The molecule has 1 N–H and O–H groups in total. The Kier molecular flexibility index (Phi) is 5.26. The first kappa shape index (κ1) is 19.1. The molecule has 8 heteroatoms. The van der Waals surface area contributed by atoms with Crippen LogP contribution in [0, 0.1) is 12.7 Å². The summed E-state index contributed by atoms with van der Waals surface area (Å²) in [6.45, 7) is 3.85. The molecule has 0 bridgehead atoms. The first-order valence-electron chi connectivity index (χ1n) is 9.41. The van der Waals surface area contributed by atoms with Gasteiger partial charge in [-0.05, 0) is 30.7 Å². The molecule has 150 valence electrons. The lowest BCUT2D eigenvalue weighted by Gasteiger charge is -2.29. The molecule has 7 nitrogen and oxygen atoms in total. The van der Waals surface area contributed by atoms with Gasteiger partial charge in [-0.2, -0.15) is 5.10 Å². The molecule has 1 fully saturated rings. The van der Waals surface area contributed by atoms with Crippen LogP contribution < -0.4 is 15.8 Å². The summed E-state index contributed by atoms with van der Waals surface area (Å²) in [6, 6.07) is 11.7. The minimum Gasteiger partial charge on any atom is -0.378 e. The number of nitrogens with one attached hydrogen (secondary N) is 1. The van der Waals surface area contributed by atoms with E-state index in [4.69, 9.17) is 4.74 Å². The number of ether oxygens (including phenoxy) is 1. The fraction of sp³-hybridized carbons (Fsp3) is 0.286. The Hall–Kier alpha value is -3.26. The number of morpholine rings is 1. The van der Waals surface area contributed by atoms with Gasteiger partial charge in [0, 0.05) is 24.2 Å². The fourth-order valence-corrected chi connectivity index (χ4v) is 3.34. The van der Waals surface area contributed by atoms with E-state index < -0.39 is 11.7 Å². The number of carbonyl (C=O) groups excluding carboxylic acids is 1. The number of aromatic nitrogens is 2. The third-order valence-corrected chi connectivity index (χ3v) is 4.91. The van der Waals surface area contributed by atoms with E-state index in [0.29, 0.717) is 48.8 Å². The predicted molar refractivity (Wildman–Crippen MR) is 109 cm³/mol. The van der Waals surface area contributed by atoms with Crippen molar-refractivity contribution in [1.29, 1.82) is 0 Å². The molecule has 0 saturated carbocycles. The highest BCUT2D eigenvalue weighted by molar-refractivity contribution is 5.93. The molecule has 0 radical (unpaired) electrons. The van der Waals surface area contributed by atoms with Gasteiger partial charge in [0.05, 0.1) is 18.6 Å². The van der Waals surface area contributed by atoms with Crippen molar-refractivity contribution in [2.75, 3.05) is 36.5 Å². The highest BCUT2D eigenvalue weighted by atomic mass is 19.1. The molecule has 0 aliphatic carbocycles. The van der Waals surface area contributed by atoms with Crippen LogP contribution in [0.3, 0.4) is 0 Å². The summed E-state index contributed by atoms with van der Waals surface area (Å²) in [7, 11) is 0. The van der Waals surface area contributed by atoms with E-state index in [1.54, 1.807) is 31.2 Å². The Bertz CT molecular complexity index is 1120. The highest BCUT2D eigenvalue weighted by Gasteiger charge is 2.19. The van der Waals surface area contributed by atoms with Gasteiger partial charge in [0.1, 0.15) is 12.4 Å². The largest absolute Gasteiger partial charge is 0.378 e. The molecule has 1 aromatic heterocycles. The zero-order valence-corrected chi connectivity index (χ0v) is 16.0. The number of anilines is 2. The van der Waals surface area contributed by atoms with E-state index in [9.17, 15) is 14.0 Å². The van der Waals surface area contributed by atoms with Gasteiger partial charge in [-0.3, -0.25) is 9.59 Å². The van der Waals surface area contributed by atoms with Gasteiger partial charge in [0.2, 0.25) is 5.91 Å². The summed E-state index contributed by atoms with van der Waals surface area (Å²) in [5.74, 6) is -0.206. The van der Waals surface area contributed by atoms with Crippen molar-refractivity contribution >= 4 is 28.2 Å². The van der Waals surface area contributed by atoms with Crippen LogP contribution in [0.5, 0.6) is 0 Å². The molecule has 29 heavy (non-hydrogen) atoms. The van der Waals surface area contributed by atoms with Crippen LogP contribution in [-0.4, -0.2) is 42.0 Å². The quantitative estimate of drug-likeness (QED) is 0.733. The maximum absolute atomic E-state index is 13.7. The van der Waals surface area contributed by atoms with Gasteiger partial charge < -0.3 is 15.0 Å². The summed E-state index contributed by atoms with van der Waals surface area (Å²) in [4.78, 5) is 27.4. The zero-order chi connectivity index (χ0) is 20.4. The Labute approximate surface area is 166 Å². The normalized spacial score (nSPS) is 14.2. The van der Waals surface area contributed by atoms with Crippen LogP contribution in [0.15, 0.2) is 47.3 Å². The topological polar surface area (TPSA) is 76.5 Å². The Morgan fingerprint density at radius 1 is 1.17 bits per heavy atom. The van der Waals surface area contributed by atoms with E-state index in [1.807, 2.05) is 12.1 Å². The molecular formula is C21H21FN4O3. The monoisotopic (exact) mass is 396 g/mol. The number of rotatable bonds is 4. The van der Waals surface area contributed by atoms with Gasteiger partial charge in [0.15, 0.2) is 5.82 Å². The second-order valence-electron chi connectivity index (χ2n) is 6.94. The Morgan fingerprint density at radius 3 is 2.62 bits per heavy atom. The molecule has 1 aliphatic heterocycles. The first-order chi connectivity index (χ1) is 14.0. The average molecular weight is 396 g/mol. The van der Waals surface area contributed by atoms with E-state index >= 15 is 0 Å². The first-order valence-corrected chi connectivity index (χ1v) is 9.41. The van der Waals surface area contributed by atoms with Crippen molar-refractivity contribution in [1.82, 2.24) is 9.78 Å². The minimum atomic E-state index is -0.453. The molecular weight excluding hydrogens is 375 g/mol. The molecule has 4 rings (SSSR count). The second-order valence-corrected chi connectivity index (χ2v) is 6.94. The van der Waals surface area contributed by atoms with Crippen LogP contribution in [0.1, 0.15) is 5.56 Å². The number of amides is 1. The van der Waals surface area contributed by atoms with E-state index in [-0.39, 0.29) is 12.1 Å². The van der Waals surface area contributed by atoms with Crippen LogP contribution in [0.25, 0.3) is 10.8 Å². The molecule has 0 spiro atoms. The number of hydrogen-bond donors (Lipinski definition) is 1.